The number of aromatic nitrogens is 2. The minimum absolute atomic E-state index is 0.0482. The third-order valence-electron chi connectivity index (χ3n) is 3.17. The maximum Gasteiger partial charge on any atom is 0.224 e. The van der Waals surface area contributed by atoms with Gasteiger partial charge in [-0.2, -0.15) is 11.3 Å². The van der Waals surface area contributed by atoms with Crippen LogP contribution in [0.3, 0.4) is 0 Å². The first kappa shape index (κ1) is 13.6. The minimum atomic E-state index is 0.0482. The Morgan fingerprint density at radius 3 is 2.71 bits per heavy atom. The van der Waals surface area contributed by atoms with Crippen LogP contribution < -0.4 is 5.32 Å². The molecule has 0 unspecified atom stereocenters. The second kappa shape index (κ2) is 6.37. The zero-order chi connectivity index (χ0) is 14.5. The standard InChI is InChI=1S/C16H15N3OS/c20-16(9-14-5-8-21-11-14)18-10-13-1-3-15(4-2-13)19-7-6-17-12-19/h1-8,11-12H,9-10H2,(H,18,20). The van der Waals surface area contributed by atoms with Gasteiger partial charge in [0.2, 0.25) is 5.91 Å². The summed E-state index contributed by atoms with van der Waals surface area (Å²) < 4.78 is 1.94. The van der Waals surface area contributed by atoms with Gasteiger partial charge in [-0.1, -0.05) is 12.1 Å². The molecule has 2 aromatic heterocycles. The number of hydrogen-bond donors (Lipinski definition) is 1. The molecule has 1 aromatic carbocycles. The number of benzene rings is 1. The number of nitrogens with zero attached hydrogens (tertiary/aromatic N) is 2. The fourth-order valence-electron chi connectivity index (χ4n) is 2.04. The highest BCUT2D eigenvalue weighted by Crippen LogP contribution is 2.10. The lowest BCUT2D eigenvalue weighted by Crippen LogP contribution is -2.24. The van der Waals surface area contributed by atoms with Gasteiger partial charge in [-0.15, -0.1) is 0 Å². The average Bonchev–Trinajstić information content (AvgIpc) is 3.19. The van der Waals surface area contributed by atoms with Gasteiger partial charge in [-0.25, -0.2) is 4.98 Å². The summed E-state index contributed by atoms with van der Waals surface area (Å²) in [5.74, 6) is 0.0482. The molecule has 0 aliphatic carbocycles. The first-order valence-electron chi connectivity index (χ1n) is 6.66. The van der Waals surface area contributed by atoms with E-state index in [1.165, 1.54) is 0 Å². The first-order valence-corrected chi connectivity index (χ1v) is 7.60. The fraction of sp³-hybridized carbons (Fsp3) is 0.125. The molecule has 0 atom stereocenters. The van der Waals surface area contributed by atoms with E-state index in [-0.39, 0.29) is 5.91 Å². The van der Waals surface area contributed by atoms with Crippen molar-refractivity contribution in [1.29, 1.82) is 0 Å². The summed E-state index contributed by atoms with van der Waals surface area (Å²) in [7, 11) is 0. The van der Waals surface area contributed by atoms with Crippen LogP contribution in [0.4, 0.5) is 0 Å². The van der Waals surface area contributed by atoms with Crippen molar-refractivity contribution in [1.82, 2.24) is 14.9 Å². The molecule has 0 radical (unpaired) electrons. The molecular weight excluding hydrogens is 282 g/mol. The maximum atomic E-state index is 11.8. The van der Waals surface area contributed by atoms with Gasteiger partial charge in [0.1, 0.15) is 0 Å². The van der Waals surface area contributed by atoms with Gasteiger partial charge in [0.15, 0.2) is 0 Å². The summed E-state index contributed by atoms with van der Waals surface area (Å²) >= 11 is 1.61. The third-order valence-corrected chi connectivity index (χ3v) is 3.91. The van der Waals surface area contributed by atoms with Crippen molar-refractivity contribution in [3.8, 4) is 5.69 Å². The second-order valence-corrected chi connectivity index (χ2v) is 5.50. The molecule has 3 rings (SSSR count). The number of rotatable bonds is 5. The Labute approximate surface area is 127 Å². The van der Waals surface area contributed by atoms with Gasteiger partial charge in [0, 0.05) is 24.6 Å². The van der Waals surface area contributed by atoms with Crippen molar-refractivity contribution in [3.05, 3.63) is 70.9 Å². The van der Waals surface area contributed by atoms with Gasteiger partial charge in [-0.05, 0) is 40.1 Å². The Morgan fingerprint density at radius 1 is 1.19 bits per heavy atom. The number of carbonyl (C=O) groups excluding carboxylic acids is 1. The Morgan fingerprint density at radius 2 is 2.05 bits per heavy atom. The summed E-state index contributed by atoms with van der Waals surface area (Å²) in [5.41, 5.74) is 3.20. The van der Waals surface area contributed by atoms with Crippen LogP contribution in [0.5, 0.6) is 0 Å². The molecule has 0 aliphatic heterocycles. The summed E-state index contributed by atoms with van der Waals surface area (Å²) in [6.07, 6.45) is 5.85. The molecule has 1 amide bonds. The van der Waals surface area contributed by atoms with E-state index in [4.69, 9.17) is 0 Å². The third kappa shape index (κ3) is 3.58. The molecule has 2 heterocycles. The molecular formula is C16H15N3OS. The predicted octanol–water partition coefficient (Wildman–Crippen LogP) is 2.79. The van der Waals surface area contributed by atoms with E-state index in [1.54, 1.807) is 23.9 Å². The van der Waals surface area contributed by atoms with Gasteiger partial charge < -0.3 is 9.88 Å². The summed E-state index contributed by atoms with van der Waals surface area (Å²) in [6, 6.07) is 10.0. The predicted molar refractivity (Wildman–Crippen MR) is 83.4 cm³/mol. The monoisotopic (exact) mass is 297 g/mol. The quantitative estimate of drug-likeness (QED) is 0.787. The lowest BCUT2D eigenvalue weighted by atomic mass is 10.2. The molecule has 106 valence electrons. The van der Waals surface area contributed by atoms with E-state index in [0.29, 0.717) is 13.0 Å². The van der Waals surface area contributed by atoms with Crippen LogP contribution in [0.1, 0.15) is 11.1 Å². The number of amides is 1. The maximum absolute atomic E-state index is 11.8. The molecule has 0 saturated carbocycles. The smallest absolute Gasteiger partial charge is 0.224 e. The van der Waals surface area contributed by atoms with E-state index in [0.717, 1.165) is 16.8 Å². The Hall–Kier alpha value is -2.40. The molecule has 0 spiro atoms. The van der Waals surface area contributed by atoms with Gasteiger partial charge in [0.05, 0.1) is 12.7 Å². The molecule has 21 heavy (non-hydrogen) atoms. The van der Waals surface area contributed by atoms with Crippen molar-refractivity contribution >= 4 is 17.2 Å². The molecule has 0 saturated heterocycles. The van der Waals surface area contributed by atoms with Crippen molar-refractivity contribution in [2.45, 2.75) is 13.0 Å². The van der Waals surface area contributed by atoms with Gasteiger partial charge >= 0.3 is 0 Å². The highest BCUT2D eigenvalue weighted by atomic mass is 32.1. The number of hydrogen-bond acceptors (Lipinski definition) is 3. The highest BCUT2D eigenvalue weighted by Gasteiger charge is 2.04. The normalized spacial score (nSPS) is 10.5. The van der Waals surface area contributed by atoms with Gasteiger partial charge in [0.25, 0.3) is 0 Å². The summed E-state index contributed by atoms with van der Waals surface area (Å²) in [4.78, 5) is 15.8. The zero-order valence-electron chi connectivity index (χ0n) is 11.4. The zero-order valence-corrected chi connectivity index (χ0v) is 12.2. The minimum Gasteiger partial charge on any atom is -0.352 e. The van der Waals surface area contributed by atoms with Crippen molar-refractivity contribution < 1.29 is 4.79 Å². The topological polar surface area (TPSA) is 46.9 Å². The van der Waals surface area contributed by atoms with E-state index >= 15 is 0 Å². The van der Waals surface area contributed by atoms with Crippen LogP contribution in [0, 0.1) is 0 Å². The number of carbonyl (C=O) groups is 1. The van der Waals surface area contributed by atoms with Crippen LogP contribution >= 0.6 is 11.3 Å². The number of imidazole rings is 1. The number of thiophene rings is 1. The van der Waals surface area contributed by atoms with Crippen LogP contribution in [0.2, 0.25) is 0 Å². The van der Waals surface area contributed by atoms with Crippen LogP contribution in [-0.4, -0.2) is 15.5 Å². The fourth-order valence-corrected chi connectivity index (χ4v) is 2.71. The van der Waals surface area contributed by atoms with Crippen molar-refractivity contribution in [2.24, 2.45) is 0 Å². The van der Waals surface area contributed by atoms with Crippen molar-refractivity contribution in [3.63, 3.8) is 0 Å². The lowest BCUT2D eigenvalue weighted by molar-refractivity contribution is -0.120. The molecule has 1 N–H and O–H groups in total. The Kier molecular flexibility index (Phi) is 4.12. The van der Waals surface area contributed by atoms with Gasteiger partial charge in [-0.3, -0.25) is 4.79 Å². The lowest BCUT2D eigenvalue weighted by Gasteiger charge is -2.06. The molecule has 5 heteroatoms. The summed E-state index contributed by atoms with van der Waals surface area (Å²) in [5, 5.41) is 6.92. The highest BCUT2D eigenvalue weighted by molar-refractivity contribution is 7.07. The first-order chi connectivity index (χ1) is 10.3. The SMILES string of the molecule is O=C(Cc1ccsc1)NCc1ccc(-n2ccnc2)cc1. The molecule has 3 aromatic rings. The Bertz CT molecular complexity index is 688. The molecule has 0 bridgehead atoms. The second-order valence-electron chi connectivity index (χ2n) is 4.72. The molecule has 4 nitrogen and oxygen atoms in total. The van der Waals surface area contributed by atoms with E-state index in [2.05, 4.69) is 10.3 Å². The van der Waals surface area contributed by atoms with Crippen LogP contribution in [0.25, 0.3) is 5.69 Å². The largest absolute Gasteiger partial charge is 0.352 e. The van der Waals surface area contributed by atoms with Crippen LogP contribution in [0.15, 0.2) is 59.8 Å². The molecule has 0 aliphatic rings. The Balaban J connectivity index is 1.55. The number of nitrogens with one attached hydrogen (secondary N) is 1. The average molecular weight is 297 g/mol. The van der Waals surface area contributed by atoms with E-state index < -0.39 is 0 Å². The van der Waals surface area contributed by atoms with Crippen molar-refractivity contribution in [2.75, 3.05) is 0 Å². The summed E-state index contributed by atoms with van der Waals surface area (Å²) in [6.45, 7) is 0.549. The van der Waals surface area contributed by atoms with E-state index in [9.17, 15) is 4.79 Å². The molecule has 0 fully saturated rings. The van der Waals surface area contributed by atoms with E-state index in [1.807, 2.05) is 51.9 Å². The van der Waals surface area contributed by atoms with Crippen LogP contribution in [-0.2, 0) is 17.8 Å².